The van der Waals surface area contributed by atoms with Crippen molar-refractivity contribution in [3.63, 3.8) is 0 Å². The van der Waals surface area contributed by atoms with E-state index in [2.05, 4.69) is 42.1 Å². The molecule has 1 aliphatic carbocycles. The monoisotopic (exact) mass is 300 g/mol. The van der Waals surface area contributed by atoms with Gasteiger partial charge in [0.25, 0.3) is 5.91 Å². The molecule has 1 aromatic carbocycles. The van der Waals surface area contributed by atoms with Crippen LogP contribution in [0.5, 0.6) is 0 Å². The summed E-state index contributed by atoms with van der Waals surface area (Å²) in [5.41, 5.74) is 3.67. The van der Waals surface area contributed by atoms with Crippen LogP contribution in [0, 0.1) is 19.8 Å². The van der Waals surface area contributed by atoms with Crippen LogP contribution in [0.3, 0.4) is 0 Å². The molecule has 1 heterocycles. The van der Waals surface area contributed by atoms with Gasteiger partial charge in [-0.2, -0.15) is 4.99 Å². The van der Waals surface area contributed by atoms with E-state index in [1.807, 2.05) is 6.08 Å². The Morgan fingerprint density at radius 2 is 2.14 bits per heavy atom. The molecule has 0 saturated heterocycles. The number of carbonyl (C=O) groups excluding carboxylic acids is 1. The minimum absolute atomic E-state index is 0.0408. The van der Waals surface area contributed by atoms with Crippen LogP contribution in [0.1, 0.15) is 30.4 Å². The average molecular weight is 300 g/mol. The summed E-state index contributed by atoms with van der Waals surface area (Å²) in [6.07, 6.45) is 5.00. The molecule has 2 aromatic rings. The summed E-state index contributed by atoms with van der Waals surface area (Å²) in [5, 5.41) is 0. The lowest BCUT2D eigenvalue weighted by Gasteiger charge is -2.20. The van der Waals surface area contributed by atoms with E-state index in [4.69, 9.17) is 0 Å². The quantitative estimate of drug-likeness (QED) is 0.795. The van der Waals surface area contributed by atoms with Gasteiger partial charge in [-0.1, -0.05) is 23.8 Å². The third-order valence-corrected chi connectivity index (χ3v) is 5.31. The maximum atomic E-state index is 12.2. The largest absolute Gasteiger partial charge is 0.312 e. The van der Waals surface area contributed by atoms with Gasteiger partial charge in [-0.3, -0.25) is 4.79 Å². The number of amides is 1. The van der Waals surface area contributed by atoms with Crippen LogP contribution in [-0.4, -0.2) is 10.5 Å². The average Bonchev–Trinajstić information content (AvgIpc) is 2.66. The van der Waals surface area contributed by atoms with Gasteiger partial charge in [0.2, 0.25) is 0 Å². The number of benzene rings is 1. The molecule has 1 saturated carbocycles. The van der Waals surface area contributed by atoms with Gasteiger partial charge in [0, 0.05) is 12.5 Å². The van der Waals surface area contributed by atoms with Crippen LogP contribution >= 0.6 is 11.3 Å². The predicted octanol–water partition coefficient (Wildman–Crippen LogP) is 3.73. The summed E-state index contributed by atoms with van der Waals surface area (Å²) < 4.78 is 3.27. The molecule has 0 aliphatic heterocycles. The van der Waals surface area contributed by atoms with Crippen molar-refractivity contribution in [1.82, 2.24) is 4.57 Å². The number of hydrogen-bond donors (Lipinski definition) is 0. The Morgan fingerprint density at radius 3 is 2.76 bits per heavy atom. The highest BCUT2D eigenvalue weighted by Crippen LogP contribution is 2.27. The van der Waals surface area contributed by atoms with Crippen molar-refractivity contribution in [2.75, 3.05) is 0 Å². The van der Waals surface area contributed by atoms with Crippen LogP contribution in [0.4, 0.5) is 0 Å². The molecule has 1 aromatic heterocycles. The standard InChI is InChI=1S/C17H20N2OS/c1-4-8-19-14-9-11(2)12(3)10-15(14)21-17(19)18-16(20)13-6-5-7-13/h4,9-10,13H,1,5-8H2,2-3H3. The number of carbonyl (C=O) groups is 1. The summed E-state index contributed by atoms with van der Waals surface area (Å²) in [4.78, 5) is 17.4. The van der Waals surface area contributed by atoms with E-state index in [-0.39, 0.29) is 11.8 Å². The van der Waals surface area contributed by atoms with E-state index in [0.717, 1.165) is 29.6 Å². The maximum Gasteiger partial charge on any atom is 0.251 e. The zero-order valence-corrected chi connectivity index (χ0v) is 13.4. The van der Waals surface area contributed by atoms with Crippen LogP contribution in [0.25, 0.3) is 10.2 Å². The smallest absolute Gasteiger partial charge is 0.251 e. The molecule has 4 heteroatoms. The van der Waals surface area contributed by atoms with Crippen LogP contribution in [-0.2, 0) is 11.3 Å². The highest BCUT2D eigenvalue weighted by Gasteiger charge is 2.25. The van der Waals surface area contributed by atoms with Crippen LogP contribution in [0.2, 0.25) is 0 Å². The summed E-state index contributed by atoms with van der Waals surface area (Å²) in [5.74, 6) is 0.190. The molecule has 0 unspecified atom stereocenters. The first kappa shape index (κ1) is 14.3. The van der Waals surface area contributed by atoms with Crippen molar-refractivity contribution < 1.29 is 4.79 Å². The molecule has 3 rings (SSSR count). The third kappa shape index (κ3) is 2.60. The molecule has 1 aliphatic rings. The van der Waals surface area contributed by atoms with Gasteiger partial charge < -0.3 is 4.57 Å². The van der Waals surface area contributed by atoms with Gasteiger partial charge in [-0.25, -0.2) is 0 Å². The number of fused-ring (bicyclic) bond motifs is 1. The lowest BCUT2D eigenvalue weighted by molar-refractivity contribution is -0.124. The Hall–Kier alpha value is -1.68. The fourth-order valence-electron chi connectivity index (χ4n) is 2.55. The van der Waals surface area contributed by atoms with Gasteiger partial charge in [-0.05, 0) is 49.9 Å². The van der Waals surface area contributed by atoms with E-state index >= 15 is 0 Å². The number of aromatic nitrogens is 1. The van der Waals surface area contributed by atoms with Gasteiger partial charge >= 0.3 is 0 Å². The molecular formula is C17H20N2OS. The van der Waals surface area contributed by atoms with E-state index in [1.165, 1.54) is 15.8 Å². The lowest BCUT2D eigenvalue weighted by atomic mass is 9.85. The summed E-state index contributed by atoms with van der Waals surface area (Å²) in [6.45, 7) is 8.73. The first-order valence-electron chi connectivity index (χ1n) is 7.40. The highest BCUT2D eigenvalue weighted by atomic mass is 32.1. The van der Waals surface area contributed by atoms with Crippen LogP contribution in [0.15, 0.2) is 29.8 Å². The van der Waals surface area contributed by atoms with Gasteiger partial charge in [0.05, 0.1) is 10.2 Å². The first-order valence-corrected chi connectivity index (χ1v) is 8.22. The zero-order chi connectivity index (χ0) is 15.0. The summed E-state index contributed by atoms with van der Waals surface area (Å²) >= 11 is 1.59. The van der Waals surface area contributed by atoms with Crippen molar-refractivity contribution in [2.24, 2.45) is 10.9 Å². The number of thiazole rings is 1. The minimum Gasteiger partial charge on any atom is -0.312 e. The minimum atomic E-state index is 0.0408. The SMILES string of the molecule is C=CCn1c(=NC(=O)C2CCC2)sc2cc(C)c(C)cc21. The molecule has 3 nitrogen and oxygen atoms in total. The number of aryl methyl sites for hydroxylation is 2. The zero-order valence-electron chi connectivity index (χ0n) is 12.6. The Balaban J connectivity index is 2.16. The Labute approximate surface area is 128 Å². The second-order valence-electron chi connectivity index (χ2n) is 5.77. The van der Waals surface area contributed by atoms with E-state index in [1.54, 1.807) is 11.3 Å². The molecule has 1 amide bonds. The second-order valence-corrected chi connectivity index (χ2v) is 6.78. The lowest BCUT2D eigenvalue weighted by Crippen LogP contribution is -2.24. The van der Waals surface area contributed by atoms with Crippen molar-refractivity contribution >= 4 is 27.5 Å². The molecule has 0 N–H and O–H groups in total. The summed E-state index contributed by atoms with van der Waals surface area (Å²) in [6, 6.07) is 4.36. The molecule has 21 heavy (non-hydrogen) atoms. The van der Waals surface area contributed by atoms with Gasteiger partial charge in [0.1, 0.15) is 0 Å². The second kappa shape index (κ2) is 5.60. The van der Waals surface area contributed by atoms with Gasteiger partial charge in [-0.15, -0.1) is 6.58 Å². The van der Waals surface area contributed by atoms with E-state index in [9.17, 15) is 4.79 Å². The number of allylic oxidation sites excluding steroid dienone is 1. The topological polar surface area (TPSA) is 34.4 Å². The highest BCUT2D eigenvalue weighted by molar-refractivity contribution is 7.16. The third-order valence-electron chi connectivity index (χ3n) is 4.27. The molecule has 0 atom stereocenters. The van der Waals surface area contributed by atoms with Gasteiger partial charge in [0.15, 0.2) is 4.80 Å². The fourth-order valence-corrected chi connectivity index (χ4v) is 3.68. The van der Waals surface area contributed by atoms with E-state index < -0.39 is 0 Å². The first-order chi connectivity index (χ1) is 10.1. The van der Waals surface area contributed by atoms with Crippen molar-refractivity contribution in [3.8, 4) is 0 Å². The molecule has 0 radical (unpaired) electrons. The number of nitrogens with zero attached hydrogens (tertiary/aromatic N) is 2. The van der Waals surface area contributed by atoms with Crippen molar-refractivity contribution in [2.45, 2.75) is 39.7 Å². The number of rotatable bonds is 3. The summed E-state index contributed by atoms with van der Waals surface area (Å²) in [7, 11) is 0. The van der Waals surface area contributed by atoms with Crippen LogP contribution < -0.4 is 4.80 Å². The Morgan fingerprint density at radius 1 is 1.43 bits per heavy atom. The predicted molar refractivity (Wildman–Crippen MR) is 87.4 cm³/mol. The number of hydrogen-bond acceptors (Lipinski definition) is 2. The van der Waals surface area contributed by atoms with E-state index in [0.29, 0.717) is 6.54 Å². The van der Waals surface area contributed by atoms with Crippen molar-refractivity contribution in [3.05, 3.63) is 40.7 Å². The molecule has 0 spiro atoms. The maximum absolute atomic E-state index is 12.2. The molecule has 1 fully saturated rings. The normalized spacial score (nSPS) is 16.2. The van der Waals surface area contributed by atoms with Crippen molar-refractivity contribution in [1.29, 1.82) is 0 Å². The molecule has 110 valence electrons. The fraction of sp³-hybridized carbons (Fsp3) is 0.412. The Kier molecular flexibility index (Phi) is 3.81. The Bertz CT molecular complexity index is 778. The molecule has 0 bridgehead atoms. The molecular weight excluding hydrogens is 280 g/mol.